The highest BCUT2D eigenvalue weighted by Crippen LogP contribution is 2.09. The van der Waals surface area contributed by atoms with Gasteiger partial charge in [-0.2, -0.15) is 0 Å². The van der Waals surface area contributed by atoms with Crippen LogP contribution in [0.2, 0.25) is 0 Å². The lowest BCUT2D eigenvalue weighted by molar-refractivity contribution is -0.885. The molecule has 0 aliphatic rings. The second-order valence-electron chi connectivity index (χ2n) is 4.81. The average molecular weight is 339 g/mol. The number of anilines is 1. The van der Waals surface area contributed by atoms with E-state index in [0.717, 1.165) is 15.9 Å². The normalized spacial score (nSPS) is 12.2. The number of aromatic nitrogens is 1. The third kappa shape index (κ3) is 4.47. The minimum atomic E-state index is -0.0760. The Labute approximate surface area is 126 Å². The van der Waals surface area contributed by atoms with Crippen LogP contribution in [-0.4, -0.2) is 24.7 Å². The highest BCUT2D eigenvalue weighted by atomic mass is 79.9. The quantitative estimate of drug-likeness (QED) is 0.866. The topological polar surface area (TPSA) is 59.6 Å². The number of benzene rings is 1. The van der Waals surface area contributed by atoms with Gasteiger partial charge in [0.25, 0.3) is 5.91 Å². The van der Waals surface area contributed by atoms with Gasteiger partial charge in [-0.15, -0.1) is 0 Å². The Kier molecular flexibility index (Phi) is 4.92. The maximum atomic E-state index is 11.9. The number of quaternary nitrogens is 1. The lowest BCUT2D eigenvalue weighted by Gasteiger charge is -2.13. The Morgan fingerprint density at radius 1 is 1.40 bits per heavy atom. The van der Waals surface area contributed by atoms with E-state index in [1.807, 2.05) is 31.3 Å². The third-order valence-corrected chi connectivity index (χ3v) is 3.31. The molecule has 0 saturated heterocycles. The van der Waals surface area contributed by atoms with Crippen molar-refractivity contribution in [2.75, 3.05) is 18.9 Å². The van der Waals surface area contributed by atoms with Crippen LogP contribution in [0.15, 0.2) is 39.3 Å². The molecule has 1 amide bonds. The van der Waals surface area contributed by atoms with Gasteiger partial charge in [-0.1, -0.05) is 33.2 Å². The van der Waals surface area contributed by atoms with Gasteiger partial charge in [-0.3, -0.25) is 4.79 Å². The van der Waals surface area contributed by atoms with Gasteiger partial charge in [0.2, 0.25) is 0 Å². The van der Waals surface area contributed by atoms with Crippen LogP contribution in [0.3, 0.4) is 0 Å². The van der Waals surface area contributed by atoms with Crippen LogP contribution < -0.4 is 10.2 Å². The fourth-order valence-corrected chi connectivity index (χ4v) is 2.16. The van der Waals surface area contributed by atoms with Gasteiger partial charge < -0.3 is 14.7 Å². The van der Waals surface area contributed by atoms with Crippen LogP contribution in [0.1, 0.15) is 11.3 Å². The van der Waals surface area contributed by atoms with Crippen molar-refractivity contribution >= 4 is 27.7 Å². The van der Waals surface area contributed by atoms with Crippen molar-refractivity contribution in [2.45, 2.75) is 13.5 Å². The van der Waals surface area contributed by atoms with Gasteiger partial charge >= 0.3 is 0 Å². The first-order chi connectivity index (χ1) is 9.52. The van der Waals surface area contributed by atoms with Gasteiger partial charge in [-0.05, 0) is 19.1 Å². The molecule has 2 N–H and O–H groups in total. The summed E-state index contributed by atoms with van der Waals surface area (Å²) >= 11 is 3.40. The average Bonchev–Trinajstić information content (AvgIpc) is 2.77. The molecule has 0 aliphatic heterocycles. The van der Waals surface area contributed by atoms with E-state index in [1.165, 1.54) is 5.56 Å². The molecule has 5 nitrogen and oxygen atoms in total. The molecule has 1 atom stereocenters. The summed E-state index contributed by atoms with van der Waals surface area (Å²) in [7, 11) is 1.98. The Morgan fingerprint density at radius 2 is 2.10 bits per heavy atom. The number of carbonyl (C=O) groups excluding carboxylic acids is 1. The summed E-state index contributed by atoms with van der Waals surface area (Å²) in [5.41, 5.74) is 1.19. The van der Waals surface area contributed by atoms with Crippen LogP contribution in [0, 0.1) is 6.92 Å². The van der Waals surface area contributed by atoms with Crippen molar-refractivity contribution in [1.82, 2.24) is 5.16 Å². The first-order valence-corrected chi connectivity index (χ1v) is 7.11. The van der Waals surface area contributed by atoms with Crippen LogP contribution in [0.4, 0.5) is 5.82 Å². The minimum absolute atomic E-state index is 0.0760. The second kappa shape index (κ2) is 6.67. The molecule has 0 fully saturated rings. The number of rotatable bonds is 5. The molecule has 1 aromatic heterocycles. The van der Waals surface area contributed by atoms with E-state index in [2.05, 4.69) is 26.4 Å². The lowest BCUT2D eigenvalue weighted by atomic mass is 10.2. The summed E-state index contributed by atoms with van der Waals surface area (Å²) in [5, 5.41) is 6.45. The Balaban J connectivity index is 1.83. The zero-order chi connectivity index (χ0) is 14.5. The monoisotopic (exact) mass is 338 g/mol. The van der Waals surface area contributed by atoms with Gasteiger partial charge in [0, 0.05) is 16.1 Å². The summed E-state index contributed by atoms with van der Waals surface area (Å²) in [4.78, 5) is 13.0. The number of carbonyl (C=O) groups is 1. The summed E-state index contributed by atoms with van der Waals surface area (Å²) < 4.78 is 5.95. The number of likely N-dealkylation sites (N-methyl/N-ethyl adjacent to an activating group) is 1. The summed E-state index contributed by atoms with van der Waals surface area (Å²) in [6, 6.07) is 9.79. The first-order valence-electron chi connectivity index (χ1n) is 6.32. The van der Waals surface area contributed by atoms with E-state index < -0.39 is 0 Å². The zero-order valence-corrected chi connectivity index (χ0v) is 13.0. The molecule has 0 radical (unpaired) electrons. The molecule has 6 heteroatoms. The molecule has 1 heterocycles. The van der Waals surface area contributed by atoms with Crippen molar-refractivity contribution < 1.29 is 14.2 Å². The van der Waals surface area contributed by atoms with Gasteiger partial charge in [0.15, 0.2) is 12.4 Å². The van der Waals surface area contributed by atoms with Crippen LogP contribution in [-0.2, 0) is 11.3 Å². The molecule has 20 heavy (non-hydrogen) atoms. The van der Waals surface area contributed by atoms with Crippen molar-refractivity contribution in [3.8, 4) is 0 Å². The fraction of sp³-hybridized carbons (Fsp3) is 0.286. The number of nitrogens with zero attached hydrogens (tertiary/aromatic N) is 1. The molecule has 2 aromatic rings. The Morgan fingerprint density at radius 3 is 2.70 bits per heavy atom. The first kappa shape index (κ1) is 14.7. The van der Waals surface area contributed by atoms with E-state index >= 15 is 0 Å². The fourth-order valence-electron chi connectivity index (χ4n) is 1.90. The zero-order valence-electron chi connectivity index (χ0n) is 11.4. The van der Waals surface area contributed by atoms with E-state index in [-0.39, 0.29) is 5.91 Å². The number of hydrogen-bond donors (Lipinski definition) is 2. The van der Waals surface area contributed by atoms with Crippen LogP contribution >= 0.6 is 15.9 Å². The molecule has 0 bridgehead atoms. The third-order valence-electron chi connectivity index (χ3n) is 2.78. The molecular weight excluding hydrogens is 322 g/mol. The molecule has 106 valence electrons. The largest absolute Gasteiger partial charge is 0.360 e. The molecule has 2 rings (SSSR count). The highest BCUT2D eigenvalue weighted by Gasteiger charge is 2.12. The van der Waals surface area contributed by atoms with Crippen LogP contribution in [0.25, 0.3) is 0 Å². The number of hydrogen-bond acceptors (Lipinski definition) is 3. The van der Waals surface area contributed by atoms with E-state index in [0.29, 0.717) is 18.1 Å². The van der Waals surface area contributed by atoms with Crippen molar-refractivity contribution in [2.24, 2.45) is 0 Å². The molecule has 0 saturated carbocycles. The van der Waals surface area contributed by atoms with Crippen molar-refractivity contribution in [1.29, 1.82) is 0 Å². The lowest BCUT2D eigenvalue weighted by Crippen LogP contribution is -3.08. The molecular formula is C14H17BrN3O2+. The van der Waals surface area contributed by atoms with Crippen molar-refractivity contribution in [3.05, 3.63) is 46.1 Å². The number of nitrogens with one attached hydrogen (secondary N) is 2. The maximum absolute atomic E-state index is 11.9. The molecule has 1 aromatic carbocycles. The van der Waals surface area contributed by atoms with Crippen molar-refractivity contribution in [3.63, 3.8) is 0 Å². The maximum Gasteiger partial charge on any atom is 0.280 e. The summed E-state index contributed by atoms with van der Waals surface area (Å²) in [6.07, 6.45) is 0. The standard InChI is InChI=1S/C14H16BrN3O2/c1-10-7-13(17-20-10)16-14(19)9-18(2)8-11-3-5-12(15)6-4-11/h3-7H,8-9H2,1-2H3,(H,16,17,19)/p+1. The second-order valence-corrected chi connectivity index (χ2v) is 5.72. The van der Waals surface area contributed by atoms with Gasteiger partial charge in [0.1, 0.15) is 12.3 Å². The summed E-state index contributed by atoms with van der Waals surface area (Å²) in [6.45, 7) is 2.95. The smallest absolute Gasteiger partial charge is 0.280 e. The van der Waals surface area contributed by atoms with Crippen LogP contribution in [0.5, 0.6) is 0 Å². The number of halogens is 1. The Hall–Kier alpha value is -1.66. The molecule has 1 unspecified atom stereocenters. The predicted molar refractivity (Wildman–Crippen MR) is 79.5 cm³/mol. The SMILES string of the molecule is Cc1cc(NC(=O)C[NH+](C)Cc2ccc(Br)cc2)no1. The minimum Gasteiger partial charge on any atom is -0.360 e. The highest BCUT2D eigenvalue weighted by molar-refractivity contribution is 9.10. The number of aryl methyl sites for hydroxylation is 1. The van der Waals surface area contributed by atoms with Gasteiger partial charge in [0.05, 0.1) is 7.05 Å². The Bertz CT molecular complexity index is 580. The van der Waals surface area contributed by atoms with E-state index in [4.69, 9.17) is 4.52 Å². The molecule has 0 spiro atoms. The van der Waals surface area contributed by atoms with E-state index in [9.17, 15) is 4.79 Å². The molecule has 0 aliphatic carbocycles. The van der Waals surface area contributed by atoms with E-state index in [1.54, 1.807) is 13.0 Å². The number of amides is 1. The van der Waals surface area contributed by atoms with Gasteiger partial charge in [-0.25, -0.2) is 0 Å². The summed E-state index contributed by atoms with van der Waals surface area (Å²) in [5.74, 6) is 1.06. The predicted octanol–water partition coefficient (Wildman–Crippen LogP) is 1.40.